The Kier molecular flexibility index (Phi) is 8.40. The minimum Gasteiger partial charge on any atom is -0.375 e. The van der Waals surface area contributed by atoms with Crippen molar-refractivity contribution in [1.82, 2.24) is 15.2 Å². The Balaban J connectivity index is 0.00000243. The number of aromatic nitrogens is 1. The van der Waals surface area contributed by atoms with Crippen LogP contribution in [-0.4, -0.2) is 61.8 Å². The molecule has 0 aromatic carbocycles. The molecule has 146 valence electrons. The fraction of sp³-hybridized carbons (Fsp3) is 0.684. The molecule has 2 saturated heterocycles. The molecule has 0 bridgehead atoms. The van der Waals surface area contributed by atoms with E-state index in [-0.39, 0.29) is 30.1 Å². The third kappa shape index (κ3) is 5.70. The average molecular weight is 473 g/mol. The molecular formula is C19H32IN5O. The van der Waals surface area contributed by atoms with Gasteiger partial charge in [-0.25, -0.2) is 4.98 Å². The molecule has 26 heavy (non-hydrogen) atoms. The largest absolute Gasteiger partial charge is 0.375 e. The Morgan fingerprint density at radius 1 is 1.31 bits per heavy atom. The molecule has 0 radical (unpaired) electrons. The minimum atomic E-state index is 0. The van der Waals surface area contributed by atoms with E-state index >= 15 is 0 Å². The van der Waals surface area contributed by atoms with E-state index in [4.69, 9.17) is 4.74 Å². The van der Waals surface area contributed by atoms with Crippen LogP contribution < -0.4 is 10.2 Å². The number of hydrogen-bond donors (Lipinski definition) is 1. The highest BCUT2D eigenvalue weighted by Gasteiger charge is 2.19. The first-order valence-corrected chi connectivity index (χ1v) is 9.43. The van der Waals surface area contributed by atoms with Crippen molar-refractivity contribution in [3.8, 4) is 0 Å². The van der Waals surface area contributed by atoms with E-state index in [0.717, 1.165) is 57.0 Å². The van der Waals surface area contributed by atoms with Crippen LogP contribution in [0.3, 0.4) is 0 Å². The van der Waals surface area contributed by atoms with Crippen LogP contribution in [0.4, 0.5) is 5.82 Å². The van der Waals surface area contributed by atoms with Gasteiger partial charge in [-0.2, -0.15) is 0 Å². The van der Waals surface area contributed by atoms with Gasteiger partial charge in [0.2, 0.25) is 0 Å². The van der Waals surface area contributed by atoms with Crippen molar-refractivity contribution in [3.05, 3.63) is 23.9 Å². The molecule has 1 aromatic heterocycles. The highest BCUT2D eigenvalue weighted by molar-refractivity contribution is 14.0. The number of pyridine rings is 1. The predicted molar refractivity (Wildman–Crippen MR) is 117 cm³/mol. The van der Waals surface area contributed by atoms with E-state index in [1.165, 1.54) is 18.4 Å². The van der Waals surface area contributed by atoms with Crippen molar-refractivity contribution in [3.63, 3.8) is 0 Å². The summed E-state index contributed by atoms with van der Waals surface area (Å²) in [6.07, 6.45) is 4.65. The number of likely N-dealkylation sites (tertiary alicyclic amines) is 1. The molecular weight excluding hydrogens is 441 g/mol. The van der Waals surface area contributed by atoms with E-state index in [1.54, 1.807) is 0 Å². The first kappa shape index (κ1) is 21.2. The van der Waals surface area contributed by atoms with Crippen LogP contribution in [0, 0.1) is 5.92 Å². The van der Waals surface area contributed by atoms with Gasteiger partial charge in [0.25, 0.3) is 0 Å². The van der Waals surface area contributed by atoms with E-state index in [2.05, 4.69) is 51.1 Å². The van der Waals surface area contributed by atoms with Crippen molar-refractivity contribution in [2.45, 2.75) is 39.3 Å². The molecule has 1 unspecified atom stereocenters. The summed E-state index contributed by atoms with van der Waals surface area (Å²) in [7, 11) is 1.87. The lowest BCUT2D eigenvalue weighted by atomic mass is 10.00. The molecule has 0 amide bonds. The standard InChI is InChI=1S/C19H31N5O.HI/c1-15-5-8-23(9-6-15)19(20-3)22-13-17-4-7-21-18(12-17)24-10-11-25-16(2)14-24;/h4,7,12,15-16H,5-6,8-11,13-14H2,1-3H3,(H,20,22);1H. The maximum absolute atomic E-state index is 5.62. The maximum Gasteiger partial charge on any atom is 0.193 e. The fourth-order valence-corrected chi connectivity index (χ4v) is 3.50. The lowest BCUT2D eigenvalue weighted by Gasteiger charge is -2.33. The van der Waals surface area contributed by atoms with Crippen LogP contribution >= 0.6 is 24.0 Å². The van der Waals surface area contributed by atoms with Crippen molar-refractivity contribution in [2.24, 2.45) is 10.9 Å². The van der Waals surface area contributed by atoms with Crippen LogP contribution in [-0.2, 0) is 11.3 Å². The molecule has 0 aliphatic carbocycles. The van der Waals surface area contributed by atoms with Gasteiger partial charge in [0, 0.05) is 46.0 Å². The molecule has 7 heteroatoms. The van der Waals surface area contributed by atoms with E-state index in [1.807, 2.05) is 13.2 Å². The molecule has 2 aliphatic heterocycles. The van der Waals surface area contributed by atoms with Gasteiger partial charge in [-0.3, -0.25) is 4.99 Å². The van der Waals surface area contributed by atoms with Crippen LogP contribution in [0.25, 0.3) is 0 Å². The van der Waals surface area contributed by atoms with Gasteiger partial charge in [0.1, 0.15) is 5.82 Å². The summed E-state index contributed by atoms with van der Waals surface area (Å²) in [5.74, 6) is 2.87. The number of piperidine rings is 1. The smallest absolute Gasteiger partial charge is 0.193 e. The molecule has 0 spiro atoms. The van der Waals surface area contributed by atoms with Crippen LogP contribution in [0.15, 0.2) is 23.3 Å². The van der Waals surface area contributed by atoms with Crippen molar-refractivity contribution >= 4 is 35.8 Å². The number of aliphatic imine (C=N–C) groups is 1. The highest BCUT2D eigenvalue weighted by Crippen LogP contribution is 2.18. The lowest BCUT2D eigenvalue weighted by Crippen LogP contribution is -2.45. The Morgan fingerprint density at radius 2 is 2.08 bits per heavy atom. The summed E-state index contributed by atoms with van der Waals surface area (Å²) < 4.78 is 5.62. The Bertz CT molecular complexity index is 589. The number of morpholine rings is 1. The second kappa shape index (κ2) is 10.3. The fourth-order valence-electron chi connectivity index (χ4n) is 3.50. The molecule has 3 rings (SSSR count). The van der Waals surface area contributed by atoms with Crippen molar-refractivity contribution in [2.75, 3.05) is 44.7 Å². The molecule has 3 heterocycles. The number of halogens is 1. The van der Waals surface area contributed by atoms with E-state index in [0.29, 0.717) is 0 Å². The monoisotopic (exact) mass is 473 g/mol. The van der Waals surface area contributed by atoms with Gasteiger partial charge in [0.05, 0.1) is 12.7 Å². The molecule has 6 nitrogen and oxygen atoms in total. The van der Waals surface area contributed by atoms with Crippen molar-refractivity contribution < 1.29 is 4.74 Å². The van der Waals surface area contributed by atoms with Crippen LogP contribution in [0.5, 0.6) is 0 Å². The zero-order valence-corrected chi connectivity index (χ0v) is 18.5. The van der Waals surface area contributed by atoms with Crippen LogP contribution in [0.1, 0.15) is 32.3 Å². The SMILES string of the molecule is CN=C(NCc1ccnc(N2CCOC(C)C2)c1)N1CCC(C)CC1.I. The third-order valence-electron chi connectivity index (χ3n) is 5.12. The van der Waals surface area contributed by atoms with Gasteiger partial charge in [-0.15, -0.1) is 24.0 Å². The molecule has 1 N–H and O–H groups in total. The molecule has 1 aromatic rings. The minimum absolute atomic E-state index is 0. The molecule has 2 aliphatic rings. The Morgan fingerprint density at radius 3 is 2.77 bits per heavy atom. The summed E-state index contributed by atoms with van der Waals surface area (Å²) in [5.41, 5.74) is 1.23. The third-order valence-corrected chi connectivity index (χ3v) is 5.12. The molecule has 1 atom stereocenters. The van der Waals surface area contributed by atoms with Gasteiger partial charge in [0.15, 0.2) is 5.96 Å². The quantitative estimate of drug-likeness (QED) is 0.416. The van der Waals surface area contributed by atoms with Crippen LogP contribution in [0.2, 0.25) is 0 Å². The number of anilines is 1. The number of hydrogen-bond acceptors (Lipinski definition) is 4. The topological polar surface area (TPSA) is 53.0 Å². The van der Waals surface area contributed by atoms with Gasteiger partial charge in [-0.1, -0.05) is 6.92 Å². The predicted octanol–water partition coefficient (Wildman–Crippen LogP) is 2.73. The summed E-state index contributed by atoms with van der Waals surface area (Å²) in [6.45, 7) is 9.97. The molecule has 2 fully saturated rings. The average Bonchev–Trinajstić information content (AvgIpc) is 2.64. The second-order valence-electron chi connectivity index (χ2n) is 7.22. The first-order chi connectivity index (χ1) is 12.2. The number of guanidine groups is 1. The Hall–Kier alpha value is -1.09. The van der Waals surface area contributed by atoms with Gasteiger partial charge < -0.3 is 19.9 Å². The first-order valence-electron chi connectivity index (χ1n) is 9.43. The molecule has 0 saturated carbocycles. The summed E-state index contributed by atoms with van der Waals surface area (Å²) in [6, 6.07) is 4.25. The number of nitrogens with one attached hydrogen (secondary N) is 1. The highest BCUT2D eigenvalue weighted by atomic mass is 127. The number of rotatable bonds is 3. The van der Waals surface area contributed by atoms with Crippen molar-refractivity contribution in [1.29, 1.82) is 0 Å². The Labute approximate surface area is 174 Å². The summed E-state index contributed by atoms with van der Waals surface area (Å²) >= 11 is 0. The van der Waals surface area contributed by atoms with Gasteiger partial charge >= 0.3 is 0 Å². The summed E-state index contributed by atoms with van der Waals surface area (Å²) in [4.78, 5) is 13.7. The maximum atomic E-state index is 5.62. The van der Waals surface area contributed by atoms with E-state index < -0.39 is 0 Å². The normalized spacial score (nSPS) is 22.1. The second-order valence-corrected chi connectivity index (χ2v) is 7.22. The number of nitrogens with zero attached hydrogens (tertiary/aromatic N) is 4. The number of ether oxygens (including phenoxy) is 1. The zero-order valence-electron chi connectivity index (χ0n) is 16.1. The van der Waals surface area contributed by atoms with E-state index in [9.17, 15) is 0 Å². The lowest BCUT2D eigenvalue weighted by molar-refractivity contribution is 0.0529. The van der Waals surface area contributed by atoms with Gasteiger partial charge in [-0.05, 0) is 43.4 Å². The summed E-state index contributed by atoms with van der Waals surface area (Å²) in [5, 5.41) is 3.51. The zero-order chi connectivity index (χ0) is 17.6.